The minimum atomic E-state index is -1.22. The summed E-state index contributed by atoms with van der Waals surface area (Å²) < 4.78 is 6.77. The van der Waals surface area contributed by atoms with Crippen LogP contribution in [0, 0.1) is 10.1 Å². The molecular weight excluding hydrogens is 440 g/mol. The summed E-state index contributed by atoms with van der Waals surface area (Å²) >= 11 is 3.42. The van der Waals surface area contributed by atoms with Crippen LogP contribution in [-0.2, 0) is 13.2 Å². The van der Waals surface area contributed by atoms with Crippen molar-refractivity contribution >= 4 is 33.3 Å². The highest BCUT2D eigenvalue weighted by Crippen LogP contribution is 2.29. The fraction of sp³-hybridized carbons (Fsp3) is 0.0952. The Morgan fingerprint density at radius 2 is 1.86 bits per heavy atom. The fourth-order valence-corrected chi connectivity index (χ4v) is 3.13. The number of halogens is 1. The average molecular weight is 457 g/mol. The molecule has 0 radical (unpaired) electrons. The highest BCUT2D eigenvalue weighted by Gasteiger charge is 2.17. The number of rotatable bonds is 8. The zero-order chi connectivity index (χ0) is 20.8. The van der Waals surface area contributed by atoms with Gasteiger partial charge in [0.2, 0.25) is 0 Å². The number of anilines is 1. The van der Waals surface area contributed by atoms with Crippen molar-refractivity contribution in [2.45, 2.75) is 13.2 Å². The summed E-state index contributed by atoms with van der Waals surface area (Å²) in [5.41, 5.74) is 1.61. The van der Waals surface area contributed by atoms with E-state index in [0.29, 0.717) is 12.4 Å². The van der Waals surface area contributed by atoms with E-state index in [-0.39, 0.29) is 23.5 Å². The van der Waals surface area contributed by atoms with E-state index < -0.39 is 10.9 Å². The molecule has 0 aliphatic heterocycles. The molecule has 3 rings (SSSR count). The summed E-state index contributed by atoms with van der Waals surface area (Å²) in [6, 6.07) is 19.0. The van der Waals surface area contributed by atoms with Gasteiger partial charge < -0.3 is 15.2 Å². The lowest BCUT2D eigenvalue weighted by Gasteiger charge is -2.14. The number of nitrogens with one attached hydrogen (secondary N) is 1. The van der Waals surface area contributed by atoms with Crippen LogP contribution in [0.25, 0.3) is 0 Å². The maximum Gasteiger partial charge on any atom is 0.335 e. The van der Waals surface area contributed by atoms with E-state index >= 15 is 0 Å². The number of benzene rings is 3. The van der Waals surface area contributed by atoms with Gasteiger partial charge in [0.1, 0.15) is 18.0 Å². The highest BCUT2D eigenvalue weighted by atomic mass is 79.9. The summed E-state index contributed by atoms with van der Waals surface area (Å²) in [4.78, 5) is 21.8. The molecule has 0 aromatic heterocycles. The summed E-state index contributed by atoms with van der Waals surface area (Å²) in [6.45, 7) is 0.653. The third kappa shape index (κ3) is 5.32. The number of nitro benzene ring substituents is 1. The predicted octanol–water partition coefficient (Wildman–Crippen LogP) is 5.25. The van der Waals surface area contributed by atoms with Gasteiger partial charge in [0.15, 0.2) is 0 Å². The Labute approximate surface area is 175 Å². The Hall–Kier alpha value is -3.39. The molecule has 0 heterocycles. The van der Waals surface area contributed by atoms with E-state index in [4.69, 9.17) is 9.84 Å². The molecule has 0 unspecified atom stereocenters. The predicted molar refractivity (Wildman–Crippen MR) is 112 cm³/mol. The van der Waals surface area contributed by atoms with Crippen molar-refractivity contribution in [3.63, 3.8) is 0 Å². The molecule has 29 heavy (non-hydrogen) atoms. The smallest absolute Gasteiger partial charge is 0.335 e. The van der Waals surface area contributed by atoms with Crippen molar-refractivity contribution in [2.24, 2.45) is 0 Å². The first-order valence-electron chi connectivity index (χ1n) is 8.65. The number of carboxylic acids is 1. The number of carboxylic acid groups (broad SMARTS) is 1. The van der Waals surface area contributed by atoms with Gasteiger partial charge in [0.25, 0.3) is 5.69 Å². The second kappa shape index (κ2) is 9.20. The molecule has 8 heteroatoms. The first-order valence-corrected chi connectivity index (χ1v) is 9.44. The quantitative estimate of drug-likeness (QED) is 0.354. The minimum Gasteiger partial charge on any atom is -0.489 e. The fourth-order valence-electron chi connectivity index (χ4n) is 2.72. The lowest BCUT2D eigenvalue weighted by Crippen LogP contribution is -2.07. The summed E-state index contributed by atoms with van der Waals surface area (Å²) in [7, 11) is 0. The second-order valence-corrected chi connectivity index (χ2v) is 7.09. The Balaban J connectivity index is 1.79. The maximum absolute atomic E-state index is 11.3. The standard InChI is InChI=1S/C21H17BrN2O5/c22-17-7-9-20(29-13-14-4-2-1-3-5-14)16(10-17)12-23-18-8-6-15(21(25)26)11-19(18)24(27)28/h1-11,23H,12-13H2,(H,25,26). The van der Waals surface area contributed by atoms with Crippen LogP contribution in [0.5, 0.6) is 5.75 Å². The van der Waals surface area contributed by atoms with Gasteiger partial charge in [0, 0.05) is 22.6 Å². The zero-order valence-electron chi connectivity index (χ0n) is 15.2. The van der Waals surface area contributed by atoms with Crippen LogP contribution in [0.4, 0.5) is 11.4 Å². The Kier molecular flexibility index (Phi) is 6.46. The summed E-state index contributed by atoms with van der Waals surface area (Å²) in [5.74, 6) is -0.572. The average Bonchev–Trinajstić information content (AvgIpc) is 2.72. The zero-order valence-corrected chi connectivity index (χ0v) is 16.8. The van der Waals surface area contributed by atoms with Crippen LogP contribution in [0.15, 0.2) is 71.2 Å². The Morgan fingerprint density at radius 3 is 2.55 bits per heavy atom. The molecule has 2 N–H and O–H groups in total. The molecule has 3 aromatic carbocycles. The highest BCUT2D eigenvalue weighted by molar-refractivity contribution is 9.10. The van der Waals surface area contributed by atoms with Crippen LogP contribution < -0.4 is 10.1 Å². The first kappa shape index (κ1) is 20.3. The third-order valence-electron chi connectivity index (χ3n) is 4.17. The van der Waals surface area contributed by atoms with Crippen LogP contribution >= 0.6 is 15.9 Å². The van der Waals surface area contributed by atoms with Gasteiger partial charge in [-0.2, -0.15) is 0 Å². The van der Waals surface area contributed by atoms with Crippen molar-refractivity contribution in [1.82, 2.24) is 0 Å². The van der Waals surface area contributed by atoms with Crippen LogP contribution in [0.1, 0.15) is 21.5 Å². The number of hydrogen-bond donors (Lipinski definition) is 2. The molecule has 0 aliphatic rings. The molecule has 0 saturated carbocycles. The lowest BCUT2D eigenvalue weighted by atomic mass is 10.1. The van der Waals surface area contributed by atoms with Crippen LogP contribution in [-0.4, -0.2) is 16.0 Å². The SMILES string of the molecule is O=C(O)c1ccc(NCc2cc(Br)ccc2OCc2ccccc2)c([N+](=O)[O-])c1. The van der Waals surface area contributed by atoms with E-state index in [2.05, 4.69) is 21.2 Å². The monoisotopic (exact) mass is 456 g/mol. The van der Waals surface area contributed by atoms with Crippen molar-refractivity contribution in [3.8, 4) is 5.75 Å². The summed E-state index contributed by atoms with van der Waals surface area (Å²) in [6.07, 6.45) is 0. The number of ether oxygens (including phenoxy) is 1. The molecule has 3 aromatic rings. The van der Waals surface area contributed by atoms with Crippen LogP contribution in [0.2, 0.25) is 0 Å². The van der Waals surface area contributed by atoms with Crippen LogP contribution in [0.3, 0.4) is 0 Å². The molecule has 0 amide bonds. The number of nitrogens with zero attached hydrogens (tertiary/aromatic N) is 1. The van der Waals surface area contributed by atoms with E-state index in [0.717, 1.165) is 21.7 Å². The summed E-state index contributed by atoms with van der Waals surface area (Å²) in [5, 5.41) is 23.4. The lowest BCUT2D eigenvalue weighted by molar-refractivity contribution is -0.384. The molecule has 0 spiro atoms. The van der Waals surface area contributed by atoms with Crippen molar-refractivity contribution < 1.29 is 19.6 Å². The van der Waals surface area contributed by atoms with E-state index in [9.17, 15) is 14.9 Å². The van der Waals surface area contributed by atoms with Gasteiger partial charge in [-0.15, -0.1) is 0 Å². The molecule has 0 aliphatic carbocycles. The molecule has 0 atom stereocenters. The van der Waals surface area contributed by atoms with Gasteiger partial charge in [-0.05, 0) is 35.9 Å². The normalized spacial score (nSPS) is 10.4. The number of aromatic carboxylic acids is 1. The van der Waals surface area contributed by atoms with E-state index in [1.165, 1.54) is 12.1 Å². The molecular formula is C21H17BrN2O5. The minimum absolute atomic E-state index is 0.142. The molecule has 0 saturated heterocycles. The van der Waals surface area contributed by atoms with Crippen molar-refractivity contribution in [1.29, 1.82) is 0 Å². The number of hydrogen-bond acceptors (Lipinski definition) is 5. The van der Waals surface area contributed by atoms with Crippen molar-refractivity contribution in [3.05, 3.63) is 98.0 Å². The van der Waals surface area contributed by atoms with Gasteiger partial charge in [-0.1, -0.05) is 46.3 Å². The molecule has 148 valence electrons. The number of nitro groups is 1. The molecule has 0 bridgehead atoms. The van der Waals surface area contributed by atoms with E-state index in [1.54, 1.807) is 0 Å². The Bertz CT molecular complexity index is 1040. The molecule has 0 fully saturated rings. The topological polar surface area (TPSA) is 102 Å². The van der Waals surface area contributed by atoms with Gasteiger partial charge in [-0.3, -0.25) is 10.1 Å². The Morgan fingerprint density at radius 1 is 1.10 bits per heavy atom. The maximum atomic E-state index is 11.3. The number of carbonyl (C=O) groups is 1. The molecule has 7 nitrogen and oxygen atoms in total. The second-order valence-electron chi connectivity index (χ2n) is 6.17. The van der Waals surface area contributed by atoms with Crippen molar-refractivity contribution in [2.75, 3.05) is 5.32 Å². The largest absolute Gasteiger partial charge is 0.489 e. The van der Waals surface area contributed by atoms with Gasteiger partial charge in [0.05, 0.1) is 10.5 Å². The first-order chi connectivity index (χ1) is 13.9. The van der Waals surface area contributed by atoms with Gasteiger partial charge in [-0.25, -0.2) is 4.79 Å². The van der Waals surface area contributed by atoms with E-state index in [1.807, 2.05) is 48.5 Å². The van der Waals surface area contributed by atoms with Gasteiger partial charge >= 0.3 is 5.97 Å². The third-order valence-corrected chi connectivity index (χ3v) is 4.66.